The Balaban J connectivity index is 2.26. The number of rotatable bonds is 3. The molecule has 0 spiro atoms. The van der Waals surface area contributed by atoms with Crippen molar-refractivity contribution in [1.82, 2.24) is 4.57 Å². The molecular formula is C13H14FN3O2. The molecule has 100 valence electrons. The molecule has 1 aromatic heterocycles. The number of carbonyl (C=O) groups excluding carboxylic acids is 1. The zero-order valence-corrected chi connectivity index (χ0v) is 10.6. The van der Waals surface area contributed by atoms with Crippen molar-refractivity contribution in [3.05, 3.63) is 42.0 Å². The quantitative estimate of drug-likeness (QED) is 0.890. The van der Waals surface area contributed by atoms with Gasteiger partial charge >= 0.3 is 0 Å². The van der Waals surface area contributed by atoms with Crippen molar-refractivity contribution in [2.75, 3.05) is 18.2 Å². The minimum atomic E-state index is -0.531. The van der Waals surface area contributed by atoms with Gasteiger partial charge < -0.3 is 20.4 Å². The van der Waals surface area contributed by atoms with E-state index in [1.807, 2.05) is 0 Å². The second kappa shape index (κ2) is 5.01. The Labute approximate surface area is 109 Å². The number of nitrogens with zero attached hydrogens (tertiary/aromatic N) is 1. The molecule has 0 aliphatic carbocycles. The third-order valence-corrected chi connectivity index (χ3v) is 2.68. The van der Waals surface area contributed by atoms with Crippen molar-refractivity contribution in [2.24, 2.45) is 7.05 Å². The highest BCUT2D eigenvalue weighted by Crippen LogP contribution is 2.22. The van der Waals surface area contributed by atoms with E-state index in [2.05, 4.69) is 5.32 Å². The summed E-state index contributed by atoms with van der Waals surface area (Å²) in [5.41, 5.74) is 6.47. The molecule has 0 atom stereocenters. The molecule has 0 saturated heterocycles. The van der Waals surface area contributed by atoms with E-state index in [9.17, 15) is 9.18 Å². The van der Waals surface area contributed by atoms with Crippen LogP contribution in [0.4, 0.5) is 15.8 Å². The molecule has 19 heavy (non-hydrogen) atoms. The highest BCUT2D eigenvalue weighted by Gasteiger charge is 2.13. The van der Waals surface area contributed by atoms with E-state index in [0.717, 1.165) is 0 Å². The van der Waals surface area contributed by atoms with Crippen molar-refractivity contribution in [3.8, 4) is 5.75 Å². The number of aryl methyl sites for hydroxylation is 1. The minimum Gasteiger partial charge on any atom is -0.497 e. The normalized spacial score (nSPS) is 10.3. The molecular weight excluding hydrogens is 249 g/mol. The summed E-state index contributed by atoms with van der Waals surface area (Å²) in [6.07, 6.45) is 1.61. The Morgan fingerprint density at radius 3 is 2.74 bits per heavy atom. The van der Waals surface area contributed by atoms with Crippen LogP contribution < -0.4 is 15.8 Å². The van der Waals surface area contributed by atoms with Gasteiger partial charge in [0, 0.05) is 19.3 Å². The van der Waals surface area contributed by atoms with Crippen molar-refractivity contribution in [3.63, 3.8) is 0 Å². The molecule has 1 aromatic carbocycles. The SMILES string of the molecule is COc1ccc(F)c(NC(=O)c2cc(N)cn2C)c1. The lowest BCUT2D eigenvalue weighted by atomic mass is 10.2. The number of methoxy groups -OCH3 is 1. The fourth-order valence-corrected chi connectivity index (χ4v) is 1.73. The molecule has 3 N–H and O–H groups in total. The number of halogens is 1. The van der Waals surface area contributed by atoms with Gasteiger partial charge in [-0.25, -0.2) is 4.39 Å². The van der Waals surface area contributed by atoms with Crippen LogP contribution in [-0.2, 0) is 7.05 Å². The Bertz CT molecular complexity index is 622. The topological polar surface area (TPSA) is 69.3 Å². The lowest BCUT2D eigenvalue weighted by molar-refractivity contribution is 0.101. The zero-order chi connectivity index (χ0) is 14.0. The summed E-state index contributed by atoms with van der Waals surface area (Å²) < 4.78 is 20.1. The predicted molar refractivity (Wildman–Crippen MR) is 70.7 cm³/mol. The summed E-state index contributed by atoms with van der Waals surface area (Å²) in [4.78, 5) is 12.0. The van der Waals surface area contributed by atoms with Gasteiger partial charge in [-0.05, 0) is 18.2 Å². The second-order valence-corrected chi connectivity index (χ2v) is 4.07. The predicted octanol–water partition coefficient (Wildman–Crippen LogP) is 2.01. The summed E-state index contributed by atoms with van der Waals surface area (Å²) >= 11 is 0. The molecule has 2 aromatic rings. The van der Waals surface area contributed by atoms with E-state index in [0.29, 0.717) is 17.1 Å². The molecule has 0 saturated carbocycles. The number of hydrogen-bond donors (Lipinski definition) is 2. The van der Waals surface area contributed by atoms with Gasteiger partial charge in [0.05, 0.1) is 18.5 Å². The smallest absolute Gasteiger partial charge is 0.272 e. The van der Waals surface area contributed by atoms with Crippen LogP contribution in [0.1, 0.15) is 10.5 Å². The fraction of sp³-hybridized carbons (Fsp3) is 0.154. The van der Waals surface area contributed by atoms with Crippen LogP contribution in [0.5, 0.6) is 5.75 Å². The number of nitrogen functional groups attached to an aromatic ring is 1. The minimum absolute atomic E-state index is 0.0594. The van der Waals surface area contributed by atoms with Crippen molar-refractivity contribution in [1.29, 1.82) is 0 Å². The number of nitrogens with one attached hydrogen (secondary N) is 1. The van der Waals surface area contributed by atoms with E-state index >= 15 is 0 Å². The molecule has 2 rings (SSSR count). The van der Waals surface area contributed by atoms with E-state index < -0.39 is 11.7 Å². The number of anilines is 2. The van der Waals surface area contributed by atoms with Crippen molar-refractivity contribution in [2.45, 2.75) is 0 Å². The maximum Gasteiger partial charge on any atom is 0.272 e. The lowest BCUT2D eigenvalue weighted by Crippen LogP contribution is -2.16. The van der Waals surface area contributed by atoms with Gasteiger partial charge in [-0.3, -0.25) is 4.79 Å². The molecule has 1 heterocycles. The van der Waals surface area contributed by atoms with Crippen LogP contribution in [0.15, 0.2) is 30.5 Å². The van der Waals surface area contributed by atoms with Gasteiger partial charge in [-0.2, -0.15) is 0 Å². The molecule has 0 unspecified atom stereocenters. The fourth-order valence-electron chi connectivity index (χ4n) is 1.73. The molecule has 1 amide bonds. The maximum atomic E-state index is 13.6. The average Bonchev–Trinajstić information content (AvgIpc) is 2.71. The molecule has 0 radical (unpaired) electrons. The number of benzene rings is 1. The number of ether oxygens (including phenoxy) is 1. The molecule has 0 aliphatic rings. The summed E-state index contributed by atoms with van der Waals surface area (Å²) in [6.45, 7) is 0. The van der Waals surface area contributed by atoms with Crippen LogP contribution >= 0.6 is 0 Å². The van der Waals surface area contributed by atoms with E-state index in [1.54, 1.807) is 17.8 Å². The third kappa shape index (κ3) is 2.67. The van der Waals surface area contributed by atoms with Gasteiger partial charge in [0.2, 0.25) is 0 Å². The molecule has 5 nitrogen and oxygen atoms in total. The Hall–Kier alpha value is -2.50. The van der Waals surface area contributed by atoms with Crippen LogP contribution in [0, 0.1) is 5.82 Å². The molecule has 0 fully saturated rings. The van der Waals surface area contributed by atoms with E-state index in [4.69, 9.17) is 10.5 Å². The van der Waals surface area contributed by atoms with Crippen LogP contribution in [0.3, 0.4) is 0 Å². The highest BCUT2D eigenvalue weighted by atomic mass is 19.1. The van der Waals surface area contributed by atoms with Crippen molar-refractivity contribution < 1.29 is 13.9 Å². The average molecular weight is 263 g/mol. The standard InChI is InChI=1S/C13H14FN3O2/c1-17-7-8(15)5-12(17)13(18)16-11-6-9(19-2)3-4-10(11)14/h3-7H,15H2,1-2H3,(H,16,18). The van der Waals surface area contributed by atoms with Gasteiger partial charge in [-0.15, -0.1) is 0 Å². The number of hydrogen-bond acceptors (Lipinski definition) is 3. The zero-order valence-electron chi connectivity index (χ0n) is 10.6. The number of nitrogens with two attached hydrogens (primary N) is 1. The second-order valence-electron chi connectivity index (χ2n) is 4.07. The maximum absolute atomic E-state index is 13.6. The highest BCUT2D eigenvalue weighted by molar-refractivity contribution is 6.04. The van der Waals surface area contributed by atoms with Crippen LogP contribution in [0.25, 0.3) is 0 Å². The van der Waals surface area contributed by atoms with Crippen LogP contribution in [0.2, 0.25) is 0 Å². The number of aromatic nitrogens is 1. The summed E-state index contributed by atoms with van der Waals surface area (Å²) in [5, 5.41) is 2.49. The first-order chi connectivity index (χ1) is 9.01. The van der Waals surface area contributed by atoms with Crippen molar-refractivity contribution >= 4 is 17.3 Å². The van der Waals surface area contributed by atoms with Gasteiger partial charge in [0.15, 0.2) is 0 Å². The molecule has 0 bridgehead atoms. The Kier molecular flexibility index (Phi) is 3.41. The molecule has 6 heteroatoms. The van der Waals surface area contributed by atoms with E-state index in [-0.39, 0.29) is 5.69 Å². The van der Waals surface area contributed by atoms with Gasteiger partial charge in [0.25, 0.3) is 5.91 Å². The summed E-state index contributed by atoms with van der Waals surface area (Å²) in [5.74, 6) is -0.509. The lowest BCUT2D eigenvalue weighted by Gasteiger charge is -2.08. The monoisotopic (exact) mass is 263 g/mol. The van der Waals surface area contributed by atoms with Crippen LogP contribution in [-0.4, -0.2) is 17.6 Å². The first kappa shape index (κ1) is 12.9. The summed E-state index contributed by atoms with van der Waals surface area (Å²) in [6, 6.07) is 5.65. The molecule has 0 aliphatic heterocycles. The third-order valence-electron chi connectivity index (χ3n) is 2.68. The Morgan fingerprint density at radius 1 is 1.42 bits per heavy atom. The number of amides is 1. The number of carbonyl (C=O) groups is 1. The largest absolute Gasteiger partial charge is 0.497 e. The first-order valence-corrected chi connectivity index (χ1v) is 5.58. The van der Waals surface area contributed by atoms with Gasteiger partial charge in [-0.1, -0.05) is 0 Å². The van der Waals surface area contributed by atoms with E-state index in [1.165, 1.54) is 31.4 Å². The van der Waals surface area contributed by atoms with Gasteiger partial charge in [0.1, 0.15) is 17.3 Å². The Morgan fingerprint density at radius 2 is 2.16 bits per heavy atom. The first-order valence-electron chi connectivity index (χ1n) is 5.58. The summed E-state index contributed by atoms with van der Waals surface area (Å²) in [7, 11) is 3.16.